The Hall–Kier alpha value is -1.38. The normalized spacial score (nSPS) is 23.1. The second kappa shape index (κ2) is 3.71. The Morgan fingerprint density at radius 1 is 1.18 bits per heavy atom. The summed E-state index contributed by atoms with van der Waals surface area (Å²) in [5, 5.41) is 3.78. The number of rotatable bonds is 1. The highest BCUT2D eigenvalue weighted by Gasteiger charge is 2.03. The molecule has 0 bridgehead atoms. The Balaban J connectivity index is 2.88. The summed E-state index contributed by atoms with van der Waals surface area (Å²) >= 11 is 0. The summed E-state index contributed by atoms with van der Waals surface area (Å²) in [6.07, 6.45) is 7.55. The first-order valence-corrected chi connectivity index (χ1v) is 3.31. The third-order valence-electron chi connectivity index (χ3n) is 1.31. The van der Waals surface area contributed by atoms with Crippen LogP contribution >= 0.6 is 0 Å². The summed E-state index contributed by atoms with van der Waals surface area (Å²) in [6.45, 7) is 0. The summed E-state index contributed by atoms with van der Waals surface area (Å²) in [5.41, 5.74) is 1.60. The number of hydrogen-bond donors (Lipinski definition) is 0. The van der Waals surface area contributed by atoms with E-state index in [1.165, 1.54) is 7.11 Å². The van der Waals surface area contributed by atoms with Crippen LogP contribution in [0.15, 0.2) is 34.5 Å². The number of nitrogens with zero attached hydrogens (tertiary/aromatic N) is 2. The highest BCUT2D eigenvalue weighted by molar-refractivity contribution is 6.50. The fourth-order valence-electron chi connectivity index (χ4n) is 0.829. The molecule has 0 saturated carbocycles. The predicted octanol–water partition coefficient (Wildman–Crippen LogP) is 1.19. The van der Waals surface area contributed by atoms with Crippen LogP contribution in [0.25, 0.3) is 0 Å². The molecule has 58 valence electrons. The van der Waals surface area contributed by atoms with Crippen molar-refractivity contribution in [3.8, 4) is 0 Å². The molecular weight excluding hydrogens is 140 g/mol. The Morgan fingerprint density at radius 3 is 2.36 bits per heavy atom. The van der Waals surface area contributed by atoms with E-state index in [9.17, 15) is 0 Å². The third kappa shape index (κ3) is 1.77. The topological polar surface area (TPSA) is 34.0 Å². The molecule has 3 nitrogen and oxygen atoms in total. The summed E-state index contributed by atoms with van der Waals surface area (Å²) in [6, 6.07) is 0. The average molecular weight is 150 g/mol. The lowest BCUT2D eigenvalue weighted by Gasteiger charge is -2.01. The maximum atomic E-state index is 4.64. The maximum Gasteiger partial charge on any atom is 0.127 e. The van der Waals surface area contributed by atoms with E-state index >= 15 is 0 Å². The number of allylic oxidation sites excluding steroid dienone is 4. The molecular formula is C8H10N2O. The standard InChI is InChI=1S/C8H10N2O/c1-9-7-5-3-4-6-8(7)10-11-2/h3-6H,1-2H3/b9-7?,10-8-. The van der Waals surface area contributed by atoms with Crippen LogP contribution in [0.1, 0.15) is 0 Å². The fourth-order valence-corrected chi connectivity index (χ4v) is 0.829. The van der Waals surface area contributed by atoms with Crippen molar-refractivity contribution in [2.45, 2.75) is 0 Å². The van der Waals surface area contributed by atoms with Crippen molar-refractivity contribution < 1.29 is 4.84 Å². The van der Waals surface area contributed by atoms with Gasteiger partial charge >= 0.3 is 0 Å². The van der Waals surface area contributed by atoms with E-state index in [0.717, 1.165) is 11.4 Å². The second-order valence-electron chi connectivity index (χ2n) is 1.99. The molecule has 0 atom stereocenters. The van der Waals surface area contributed by atoms with E-state index in [2.05, 4.69) is 15.0 Å². The van der Waals surface area contributed by atoms with Gasteiger partial charge in [-0.3, -0.25) is 4.99 Å². The molecule has 0 unspecified atom stereocenters. The van der Waals surface area contributed by atoms with Crippen molar-refractivity contribution in [2.24, 2.45) is 10.1 Å². The zero-order valence-corrected chi connectivity index (χ0v) is 6.61. The first-order chi connectivity index (χ1) is 5.38. The molecule has 0 saturated heterocycles. The molecule has 1 aliphatic carbocycles. The first kappa shape index (κ1) is 7.72. The highest BCUT2D eigenvalue weighted by atomic mass is 16.6. The second-order valence-corrected chi connectivity index (χ2v) is 1.99. The van der Waals surface area contributed by atoms with Crippen LogP contribution in [0.3, 0.4) is 0 Å². The van der Waals surface area contributed by atoms with Gasteiger partial charge in [-0.2, -0.15) is 0 Å². The van der Waals surface area contributed by atoms with Crippen LogP contribution in [-0.4, -0.2) is 25.6 Å². The molecule has 0 heterocycles. The van der Waals surface area contributed by atoms with Crippen molar-refractivity contribution in [3.63, 3.8) is 0 Å². The molecule has 0 radical (unpaired) electrons. The predicted molar refractivity (Wildman–Crippen MR) is 46.1 cm³/mol. The molecule has 0 aromatic carbocycles. The number of aliphatic imine (C=N–C) groups is 1. The van der Waals surface area contributed by atoms with E-state index in [-0.39, 0.29) is 0 Å². The Labute approximate surface area is 65.8 Å². The maximum absolute atomic E-state index is 4.64. The monoisotopic (exact) mass is 150 g/mol. The minimum absolute atomic E-state index is 0.762. The number of hydrogen-bond acceptors (Lipinski definition) is 3. The van der Waals surface area contributed by atoms with Gasteiger partial charge in [0.2, 0.25) is 0 Å². The minimum atomic E-state index is 0.762. The molecule has 0 aromatic rings. The highest BCUT2D eigenvalue weighted by Crippen LogP contribution is 1.97. The molecule has 3 heteroatoms. The average Bonchev–Trinajstić information content (AvgIpc) is 2.06. The largest absolute Gasteiger partial charge is 0.399 e. The van der Waals surface area contributed by atoms with E-state index < -0.39 is 0 Å². The van der Waals surface area contributed by atoms with Crippen LogP contribution < -0.4 is 0 Å². The van der Waals surface area contributed by atoms with Crippen LogP contribution in [0, 0.1) is 0 Å². The lowest BCUT2D eigenvalue weighted by molar-refractivity contribution is 0.214. The van der Waals surface area contributed by atoms with Gasteiger partial charge in [0.15, 0.2) is 0 Å². The van der Waals surface area contributed by atoms with Gasteiger partial charge in [-0.25, -0.2) is 0 Å². The van der Waals surface area contributed by atoms with Gasteiger partial charge in [0.05, 0.1) is 5.71 Å². The SMILES string of the molecule is CN=C1C=CC=C/C1=N/OC. The first-order valence-electron chi connectivity index (χ1n) is 3.31. The van der Waals surface area contributed by atoms with Crippen LogP contribution in [0.4, 0.5) is 0 Å². The van der Waals surface area contributed by atoms with Crippen LogP contribution in [0.5, 0.6) is 0 Å². The molecule has 0 spiro atoms. The molecule has 0 aliphatic heterocycles. The Morgan fingerprint density at radius 2 is 1.82 bits per heavy atom. The van der Waals surface area contributed by atoms with Crippen molar-refractivity contribution in [1.82, 2.24) is 0 Å². The zero-order chi connectivity index (χ0) is 8.10. The Bertz CT molecular complexity index is 249. The number of oxime groups is 1. The van der Waals surface area contributed by atoms with E-state index in [4.69, 9.17) is 0 Å². The molecule has 0 fully saturated rings. The lowest BCUT2D eigenvalue weighted by Crippen LogP contribution is -2.11. The molecule has 11 heavy (non-hydrogen) atoms. The third-order valence-corrected chi connectivity index (χ3v) is 1.31. The van der Waals surface area contributed by atoms with Gasteiger partial charge in [0.25, 0.3) is 0 Å². The van der Waals surface area contributed by atoms with Crippen LogP contribution in [0.2, 0.25) is 0 Å². The van der Waals surface area contributed by atoms with Crippen molar-refractivity contribution in [1.29, 1.82) is 0 Å². The molecule has 0 amide bonds. The van der Waals surface area contributed by atoms with E-state index in [0.29, 0.717) is 0 Å². The molecule has 0 aromatic heterocycles. The summed E-state index contributed by atoms with van der Waals surface area (Å²) in [5.74, 6) is 0. The summed E-state index contributed by atoms with van der Waals surface area (Å²) in [7, 11) is 3.25. The zero-order valence-electron chi connectivity index (χ0n) is 6.61. The van der Waals surface area contributed by atoms with Gasteiger partial charge in [-0.1, -0.05) is 17.3 Å². The quantitative estimate of drug-likeness (QED) is 0.408. The molecule has 1 aliphatic rings. The van der Waals surface area contributed by atoms with Gasteiger partial charge in [0.1, 0.15) is 12.8 Å². The smallest absolute Gasteiger partial charge is 0.127 e. The van der Waals surface area contributed by atoms with Crippen molar-refractivity contribution in [2.75, 3.05) is 14.2 Å². The van der Waals surface area contributed by atoms with Crippen molar-refractivity contribution in [3.05, 3.63) is 24.3 Å². The van der Waals surface area contributed by atoms with E-state index in [1.807, 2.05) is 24.3 Å². The lowest BCUT2D eigenvalue weighted by atomic mass is 10.1. The minimum Gasteiger partial charge on any atom is -0.399 e. The van der Waals surface area contributed by atoms with E-state index in [1.54, 1.807) is 7.05 Å². The van der Waals surface area contributed by atoms with Gasteiger partial charge < -0.3 is 4.84 Å². The molecule has 1 rings (SSSR count). The van der Waals surface area contributed by atoms with Gasteiger partial charge in [-0.05, 0) is 12.2 Å². The van der Waals surface area contributed by atoms with Gasteiger partial charge in [0, 0.05) is 7.05 Å². The molecule has 0 N–H and O–H groups in total. The summed E-state index contributed by atoms with van der Waals surface area (Å²) in [4.78, 5) is 8.65. The van der Waals surface area contributed by atoms with Crippen LogP contribution in [-0.2, 0) is 4.84 Å². The summed E-state index contributed by atoms with van der Waals surface area (Å²) < 4.78 is 0. The van der Waals surface area contributed by atoms with Crippen molar-refractivity contribution >= 4 is 11.4 Å². The Kier molecular flexibility index (Phi) is 2.60. The fraction of sp³-hybridized carbons (Fsp3) is 0.250. The van der Waals surface area contributed by atoms with Gasteiger partial charge in [-0.15, -0.1) is 0 Å².